The second-order valence-electron chi connectivity index (χ2n) is 6.59. The zero-order chi connectivity index (χ0) is 19.1. The molecule has 8 nitrogen and oxygen atoms in total. The number of aromatic amines is 1. The number of carbonyl (C=O) groups is 2. The number of pyridine rings is 1. The van der Waals surface area contributed by atoms with E-state index in [1.165, 1.54) is 12.1 Å². The van der Waals surface area contributed by atoms with Crippen molar-refractivity contribution >= 4 is 17.8 Å². The summed E-state index contributed by atoms with van der Waals surface area (Å²) >= 11 is 0. The molecule has 0 aliphatic heterocycles. The van der Waals surface area contributed by atoms with Gasteiger partial charge in [0.2, 0.25) is 0 Å². The zero-order valence-corrected chi connectivity index (χ0v) is 13.9. The number of nitrogen functional groups attached to an aromatic ring is 1. The molecule has 0 fully saturated rings. The predicted molar refractivity (Wildman–Crippen MR) is 91.2 cm³/mol. The van der Waals surface area contributed by atoms with Gasteiger partial charge in [-0.1, -0.05) is 26.8 Å². The first-order chi connectivity index (χ1) is 11.4. The summed E-state index contributed by atoms with van der Waals surface area (Å²) in [5.41, 5.74) is 3.01. The number of hydrogen-bond donors (Lipinski definition) is 5. The molecule has 0 aliphatic rings. The molecule has 132 valence electrons. The maximum Gasteiger partial charge on any atom is 0.342 e. The number of aromatic carboxylic acids is 2. The Labute approximate surface area is 142 Å². The number of aromatic nitrogens is 1. The molecule has 8 heteroatoms. The number of aromatic hydroxyl groups is 1. The van der Waals surface area contributed by atoms with Crippen molar-refractivity contribution in [3.05, 3.63) is 45.2 Å². The van der Waals surface area contributed by atoms with Crippen LogP contribution in [-0.4, -0.2) is 32.2 Å². The van der Waals surface area contributed by atoms with Gasteiger partial charge in [0, 0.05) is 11.1 Å². The Hall–Kier alpha value is -3.29. The predicted octanol–water partition coefficient (Wildman–Crippen LogP) is 2.02. The first kappa shape index (κ1) is 18.1. The van der Waals surface area contributed by atoms with E-state index < -0.39 is 40.0 Å². The quantitative estimate of drug-likeness (QED) is 0.569. The summed E-state index contributed by atoms with van der Waals surface area (Å²) in [4.78, 5) is 37.3. The van der Waals surface area contributed by atoms with E-state index in [1.807, 2.05) is 25.8 Å². The highest BCUT2D eigenvalue weighted by atomic mass is 16.4. The standard InChI is InChI=1S/C17H18N2O6/c1-17(2,3)7-4-5-9(20)8(6-7)10-11(15(22)23)13(18)19-14(21)12(10)16(24)25/h4-6,20H,1-3H3,(H,22,23)(H,24,25)(H3,18,19,21). The maximum atomic E-state index is 12.1. The largest absolute Gasteiger partial charge is 0.507 e. The van der Waals surface area contributed by atoms with Crippen LogP contribution in [0.25, 0.3) is 11.1 Å². The summed E-state index contributed by atoms with van der Waals surface area (Å²) in [7, 11) is 0. The minimum Gasteiger partial charge on any atom is -0.507 e. The number of H-pyrrole nitrogens is 1. The fraction of sp³-hybridized carbons (Fsp3) is 0.235. The lowest BCUT2D eigenvalue weighted by molar-refractivity contribution is 0.0695. The van der Waals surface area contributed by atoms with Gasteiger partial charge >= 0.3 is 11.9 Å². The van der Waals surface area contributed by atoms with Gasteiger partial charge in [-0.05, 0) is 23.1 Å². The van der Waals surface area contributed by atoms with E-state index in [0.29, 0.717) is 5.56 Å². The van der Waals surface area contributed by atoms with Crippen LogP contribution in [0.4, 0.5) is 5.82 Å². The van der Waals surface area contributed by atoms with Crippen LogP contribution in [0.3, 0.4) is 0 Å². The lowest BCUT2D eigenvalue weighted by atomic mass is 9.84. The van der Waals surface area contributed by atoms with Crippen LogP contribution >= 0.6 is 0 Å². The molecule has 0 saturated heterocycles. The SMILES string of the molecule is CC(C)(C)c1ccc(O)c(-c2c(C(=O)O)c(N)[nH]c(=O)c2C(=O)O)c1. The molecule has 1 aromatic heterocycles. The monoisotopic (exact) mass is 346 g/mol. The van der Waals surface area contributed by atoms with Gasteiger partial charge in [0.15, 0.2) is 0 Å². The fourth-order valence-corrected chi connectivity index (χ4v) is 2.52. The molecule has 0 atom stereocenters. The third kappa shape index (κ3) is 3.18. The fourth-order valence-electron chi connectivity index (χ4n) is 2.52. The summed E-state index contributed by atoms with van der Waals surface area (Å²) in [5.74, 6) is -3.99. The molecule has 6 N–H and O–H groups in total. The van der Waals surface area contributed by atoms with Gasteiger partial charge < -0.3 is 26.0 Å². The number of rotatable bonds is 3. The van der Waals surface area contributed by atoms with Crippen molar-refractivity contribution in [2.24, 2.45) is 0 Å². The van der Waals surface area contributed by atoms with Crippen LogP contribution in [0.2, 0.25) is 0 Å². The number of nitrogens with two attached hydrogens (primary N) is 1. The number of hydrogen-bond acceptors (Lipinski definition) is 5. The number of carboxylic acids is 2. The number of phenols is 1. The van der Waals surface area contributed by atoms with Crippen molar-refractivity contribution in [2.45, 2.75) is 26.2 Å². The van der Waals surface area contributed by atoms with Gasteiger partial charge in [0.25, 0.3) is 5.56 Å². The van der Waals surface area contributed by atoms with E-state index in [4.69, 9.17) is 5.73 Å². The molecule has 2 rings (SSSR count). The van der Waals surface area contributed by atoms with Crippen molar-refractivity contribution in [1.29, 1.82) is 0 Å². The van der Waals surface area contributed by atoms with Gasteiger partial charge in [-0.25, -0.2) is 9.59 Å². The van der Waals surface area contributed by atoms with Crippen molar-refractivity contribution in [1.82, 2.24) is 4.98 Å². The number of phenolic OH excluding ortho intramolecular Hbond substituents is 1. The molecule has 0 spiro atoms. The number of carboxylic acid groups (broad SMARTS) is 2. The molecule has 0 saturated carbocycles. The molecule has 0 bridgehead atoms. The van der Waals surface area contributed by atoms with Gasteiger partial charge in [0.05, 0.1) is 0 Å². The second kappa shape index (κ2) is 5.97. The zero-order valence-electron chi connectivity index (χ0n) is 13.9. The van der Waals surface area contributed by atoms with Crippen molar-refractivity contribution in [3.8, 4) is 16.9 Å². The number of benzene rings is 1. The van der Waals surface area contributed by atoms with Crippen molar-refractivity contribution in [3.63, 3.8) is 0 Å². The first-order valence-corrected chi connectivity index (χ1v) is 7.31. The molecule has 25 heavy (non-hydrogen) atoms. The van der Waals surface area contributed by atoms with Crippen LogP contribution in [0, 0.1) is 0 Å². The summed E-state index contributed by atoms with van der Waals surface area (Å²) in [6.45, 7) is 5.68. The Morgan fingerprint density at radius 3 is 2.12 bits per heavy atom. The van der Waals surface area contributed by atoms with Crippen LogP contribution < -0.4 is 11.3 Å². The van der Waals surface area contributed by atoms with Crippen molar-refractivity contribution in [2.75, 3.05) is 5.73 Å². The highest BCUT2D eigenvalue weighted by molar-refractivity contribution is 6.08. The maximum absolute atomic E-state index is 12.1. The van der Waals surface area contributed by atoms with Crippen LogP contribution in [0.15, 0.2) is 23.0 Å². The summed E-state index contributed by atoms with van der Waals surface area (Å²) in [6, 6.07) is 4.42. The number of nitrogens with one attached hydrogen (secondary N) is 1. The molecule has 0 radical (unpaired) electrons. The first-order valence-electron chi connectivity index (χ1n) is 7.31. The normalized spacial score (nSPS) is 11.3. The Kier molecular flexibility index (Phi) is 4.31. The highest BCUT2D eigenvalue weighted by Crippen LogP contribution is 2.38. The lowest BCUT2D eigenvalue weighted by Crippen LogP contribution is -2.24. The highest BCUT2D eigenvalue weighted by Gasteiger charge is 2.29. The molecule has 0 aliphatic carbocycles. The van der Waals surface area contributed by atoms with E-state index in [2.05, 4.69) is 0 Å². The van der Waals surface area contributed by atoms with Crippen LogP contribution in [-0.2, 0) is 5.41 Å². The second-order valence-corrected chi connectivity index (χ2v) is 6.59. The Morgan fingerprint density at radius 2 is 1.64 bits per heavy atom. The summed E-state index contributed by atoms with van der Waals surface area (Å²) in [5, 5.41) is 29.0. The third-order valence-corrected chi connectivity index (χ3v) is 3.80. The molecule has 0 unspecified atom stereocenters. The minimum atomic E-state index is -1.63. The van der Waals surface area contributed by atoms with E-state index in [9.17, 15) is 29.7 Å². The summed E-state index contributed by atoms with van der Waals surface area (Å²) < 4.78 is 0. The van der Waals surface area contributed by atoms with Gasteiger partial charge in [-0.15, -0.1) is 0 Å². The van der Waals surface area contributed by atoms with Crippen LogP contribution in [0.5, 0.6) is 5.75 Å². The van der Waals surface area contributed by atoms with E-state index >= 15 is 0 Å². The van der Waals surface area contributed by atoms with E-state index in [1.54, 1.807) is 6.07 Å². The topological polar surface area (TPSA) is 154 Å². The van der Waals surface area contributed by atoms with E-state index in [-0.39, 0.29) is 16.7 Å². The number of anilines is 1. The molecular weight excluding hydrogens is 328 g/mol. The third-order valence-electron chi connectivity index (χ3n) is 3.80. The van der Waals surface area contributed by atoms with Crippen LogP contribution in [0.1, 0.15) is 47.1 Å². The smallest absolute Gasteiger partial charge is 0.342 e. The molecule has 2 aromatic rings. The Morgan fingerprint density at radius 1 is 1.08 bits per heavy atom. The molecule has 1 heterocycles. The molecule has 1 aromatic carbocycles. The van der Waals surface area contributed by atoms with E-state index in [0.717, 1.165) is 0 Å². The molecule has 0 amide bonds. The lowest BCUT2D eigenvalue weighted by Gasteiger charge is -2.21. The Balaban J connectivity index is 3.03. The summed E-state index contributed by atoms with van der Waals surface area (Å²) in [6.07, 6.45) is 0. The Bertz CT molecular complexity index is 937. The van der Waals surface area contributed by atoms with Gasteiger partial charge in [-0.2, -0.15) is 0 Å². The van der Waals surface area contributed by atoms with Gasteiger partial charge in [-0.3, -0.25) is 4.79 Å². The van der Waals surface area contributed by atoms with Gasteiger partial charge in [0.1, 0.15) is 22.7 Å². The average Bonchev–Trinajstić information content (AvgIpc) is 2.44. The molecular formula is C17H18N2O6. The minimum absolute atomic E-state index is 0.0833. The average molecular weight is 346 g/mol. The van der Waals surface area contributed by atoms with Crippen molar-refractivity contribution < 1.29 is 24.9 Å².